The number of alkyl halides is 9. The fourth-order valence-electron chi connectivity index (χ4n) is 2.96. The van der Waals surface area contributed by atoms with E-state index in [4.69, 9.17) is 0 Å². The van der Waals surface area contributed by atoms with E-state index < -0.39 is 33.4 Å². The van der Waals surface area contributed by atoms with Gasteiger partial charge in [-0.2, -0.15) is 39.5 Å². The van der Waals surface area contributed by atoms with Crippen LogP contribution in [-0.2, 0) is 22.7 Å². The van der Waals surface area contributed by atoms with Gasteiger partial charge >= 0.3 is 23.3 Å². The minimum atomic E-state index is -7.43. The first-order valence-corrected chi connectivity index (χ1v) is 12.5. The highest BCUT2D eigenvalue weighted by Gasteiger charge is 2.83. The van der Waals surface area contributed by atoms with E-state index in [2.05, 4.69) is 94.1 Å². The van der Waals surface area contributed by atoms with E-state index in [1.165, 1.54) is 32.7 Å². The maximum absolute atomic E-state index is 12.2. The Morgan fingerprint density at radius 2 is 0.974 bits per heavy atom. The molecule has 39 heavy (non-hydrogen) atoms. The molecule has 0 heterocycles. The summed E-state index contributed by atoms with van der Waals surface area (Å²) in [7, 11) is -7.42. The smallest absolute Gasteiger partial charge is 0.460 e. The average Bonchev–Trinajstić information content (AvgIpc) is 2.83. The van der Waals surface area contributed by atoms with Crippen molar-refractivity contribution in [2.45, 2.75) is 48.9 Å². The summed E-state index contributed by atoms with van der Waals surface area (Å²) in [5.74, 6) is -14.8. The minimum absolute atomic E-state index is 1.23. The van der Waals surface area contributed by atoms with E-state index in [0.29, 0.717) is 0 Å². The van der Waals surface area contributed by atoms with E-state index >= 15 is 0 Å². The highest BCUT2D eigenvalue weighted by atomic mass is 32.2. The van der Waals surface area contributed by atoms with Crippen molar-refractivity contribution in [3.63, 3.8) is 0 Å². The van der Waals surface area contributed by atoms with Crippen LogP contribution in [0.3, 0.4) is 0 Å². The number of hydrogen-bond donors (Lipinski definition) is 0. The lowest BCUT2D eigenvalue weighted by atomic mass is 10.1. The van der Waals surface area contributed by atoms with Gasteiger partial charge in [0.05, 0.1) is 0 Å². The van der Waals surface area contributed by atoms with Crippen molar-refractivity contribution < 1.29 is 52.5 Å². The van der Waals surface area contributed by atoms with Crippen LogP contribution < -0.4 is 0 Å². The topological polar surface area (TPSA) is 57.2 Å². The first-order chi connectivity index (χ1) is 17.6. The van der Waals surface area contributed by atoms with Gasteiger partial charge in [-0.1, -0.05) is 78.4 Å². The molecule has 0 aliphatic carbocycles. The van der Waals surface area contributed by atoms with Gasteiger partial charge in [0.1, 0.15) is 0 Å². The van der Waals surface area contributed by atoms with Crippen LogP contribution in [0.25, 0.3) is 11.1 Å². The summed E-state index contributed by atoms with van der Waals surface area (Å²) >= 11 is 3.56. The summed E-state index contributed by atoms with van der Waals surface area (Å²) in [4.78, 5) is 1.23. The Morgan fingerprint density at radius 3 is 1.26 bits per heavy atom. The zero-order valence-corrected chi connectivity index (χ0v) is 22.3. The van der Waals surface area contributed by atoms with Crippen LogP contribution in [0.2, 0.25) is 0 Å². The molecular formula is C25H23F9O3S2. The second-order valence-corrected chi connectivity index (χ2v) is 10.0. The van der Waals surface area contributed by atoms with Crippen molar-refractivity contribution in [1.29, 1.82) is 0 Å². The molecule has 216 valence electrons. The lowest BCUT2D eigenvalue weighted by Gasteiger charge is -2.34. The second kappa shape index (κ2) is 12.6. The molecule has 0 unspecified atom stereocenters. The molecule has 0 atom stereocenters. The van der Waals surface area contributed by atoms with E-state index in [1.54, 1.807) is 0 Å². The van der Waals surface area contributed by atoms with Gasteiger partial charge < -0.3 is 4.55 Å². The first-order valence-electron chi connectivity index (χ1n) is 10.6. The lowest BCUT2D eigenvalue weighted by molar-refractivity contribution is -0.382. The van der Waals surface area contributed by atoms with E-state index in [-0.39, 0.29) is 0 Å². The Kier molecular flexibility index (Phi) is 11.1. The summed E-state index contributed by atoms with van der Waals surface area (Å²) in [6.45, 7) is 6.34. The Morgan fingerprint density at radius 1 is 0.641 bits per heavy atom. The third kappa shape index (κ3) is 8.15. The predicted octanol–water partition coefficient (Wildman–Crippen LogP) is 7.29. The normalized spacial score (nSPS) is 12.6. The van der Waals surface area contributed by atoms with Crippen LogP contribution in [0.15, 0.2) is 77.7 Å². The van der Waals surface area contributed by atoms with Gasteiger partial charge in [-0.3, -0.25) is 0 Å². The van der Waals surface area contributed by atoms with Crippen molar-refractivity contribution in [2.75, 3.05) is 0 Å². The molecule has 0 saturated heterocycles. The molecular weight excluding hydrogens is 583 g/mol. The molecule has 0 aromatic heterocycles. The number of benzene rings is 3. The largest absolute Gasteiger partial charge is 0.743 e. The summed E-state index contributed by atoms with van der Waals surface area (Å²) in [5, 5.41) is -7.11. The van der Waals surface area contributed by atoms with Crippen LogP contribution in [0.4, 0.5) is 39.5 Å². The molecule has 0 aliphatic rings. The zero-order chi connectivity index (χ0) is 30.4. The highest BCUT2D eigenvalue weighted by molar-refractivity contribution is 7.86. The van der Waals surface area contributed by atoms with Crippen LogP contribution in [0.5, 0.6) is 0 Å². The molecule has 3 aromatic rings. The Bertz CT molecular complexity index is 1270. The van der Waals surface area contributed by atoms with E-state index in [0.717, 1.165) is 0 Å². The maximum Gasteiger partial charge on any atom is 0.460 e. The van der Waals surface area contributed by atoms with Gasteiger partial charge in [0.15, 0.2) is 15.0 Å². The van der Waals surface area contributed by atoms with Gasteiger partial charge in [-0.05, 0) is 44.5 Å². The zero-order valence-electron chi connectivity index (χ0n) is 20.5. The highest BCUT2D eigenvalue weighted by Crippen LogP contribution is 2.54. The molecule has 0 bridgehead atoms. The van der Waals surface area contributed by atoms with Crippen molar-refractivity contribution in [1.82, 2.24) is 0 Å². The fourth-order valence-corrected chi connectivity index (χ4v) is 3.55. The predicted molar refractivity (Wildman–Crippen MR) is 132 cm³/mol. The third-order valence-corrected chi connectivity index (χ3v) is 6.66. The minimum Gasteiger partial charge on any atom is -0.743 e. The van der Waals surface area contributed by atoms with Gasteiger partial charge in [-0.15, -0.1) is 0 Å². The Hall–Kier alpha value is -2.71. The number of hydrogen-bond acceptors (Lipinski definition) is 3. The molecule has 0 aliphatic heterocycles. The van der Waals surface area contributed by atoms with E-state index in [9.17, 15) is 52.5 Å². The number of halogens is 9. The molecule has 0 amide bonds. The standard InChI is InChI=1S/C12H10.C9H12S.C4HF9O3S/c1-3-7-11(8-4-1)12-9-5-2-6-10-12;1-6-4-7(2)9(10)8(3)5-6;5-1(6,3(9,10)11)2(7,8)4(12,13)17(14,15)16/h1-10H;4-5,10H,1-3H3;(H,14,15,16). The molecule has 0 fully saturated rings. The summed E-state index contributed by atoms with van der Waals surface area (Å²) < 4.78 is 135. The molecule has 0 radical (unpaired) electrons. The summed E-state index contributed by atoms with van der Waals surface area (Å²) in [5.41, 5.74) is 6.51. The van der Waals surface area contributed by atoms with Crippen molar-refractivity contribution >= 4 is 22.7 Å². The van der Waals surface area contributed by atoms with Crippen LogP contribution >= 0.6 is 0 Å². The fraction of sp³-hybridized carbons (Fsp3) is 0.280. The Labute approximate surface area is 224 Å². The van der Waals surface area contributed by atoms with Crippen molar-refractivity contribution in [3.05, 3.63) is 89.5 Å². The quantitative estimate of drug-likeness (QED) is 0.178. The molecule has 14 heteroatoms. The van der Waals surface area contributed by atoms with Gasteiger partial charge in [-0.25, -0.2) is 8.42 Å². The van der Waals surface area contributed by atoms with Crippen LogP contribution in [0.1, 0.15) is 16.7 Å². The van der Waals surface area contributed by atoms with Crippen molar-refractivity contribution in [3.8, 4) is 11.1 Å². The maximum atomic E-state index is 12.2. The van der Waals surface area contributed by atoms with Gasteiger partial charge in [0.25, 0.3) is 0 Å². The second-order valence-electron chi connectivity index (χ2n) is 8.12. The van der Waals surface area contributed by atoms with E-state index in [1.807, 2.05) is 12.1 Å². The molecule has 3 rings (SSSR count). The number of aryl methyl sites for hydroxylation is 3. The molecule has 3 aromatic carbocycles. The molecule has 0 spiro atoms. The van der Waals surface area contributed by atoms with Gasteiger partial charge in [0.2, 0.25) is 0 Å². The summed E-state index contributed by atoms with van der Waals surface area (Å²) in [6, 6.07) is 25.1. The Balaban J connectivity index is 0.000000303. The van der Waals surface area contributed by atoms with Crippen LogP contribution in [0, 0.1) is 20.8 Å². The lowest BCUT2D eigenvalue weighted by Crippen LogP contribution is -2.63. The number of rotatable bonds is 4. The first kappa shape index (κ1) is 34.3. The summed E-state index contributed by atoms with van der Waals surface area (Å²) in [6.07, 6.45) is -7.16. The monoisotopic (exact) mass is 606 g/mol. The SMILES string of the molecule is Cc1cc(C)c([SH2+])c(C)c1.O=S(=O)([O-])C(F)(F)C(F)(F)C(F)(F)C(F)(F)F.c1ccc(-c2ccccc2)cc1. The average molecular weight is 607 g/mol. The van der Waals surface area contributed by atoms with Crippen molar-refractivity contribution in [2.24, 2.45) is 0 Å². The molecule has 0 N–H and O–H groups in total. The molecule has 0 saturated carbocycles. The third-order valence-electron chi connectivity index (χ3n) is 4.99. The molecule has 3 nitrogen and oxygen atoms in total. The van der Waals surface area contributed by atoms with Gasteiger partial charge in [0, 0.05) is 11.1 Å². The van der Waals surface area contributed by atoms with Crippen LogP contribution in [-0.4, -0.2) is 36.2 Å².